The lowest BCUT2D eigenvalue weighted by Gasteiger charge is -2.23. The highest BCUT2D eigenvalue weighted by molar-refractivity contribution is 5.23. The molecule has 1 nitrogen and oxygen atoms in total. The normalized spacial score (nSPS) is 14.0. The molecule has 0 bridgehead atoms. The number of halogens is 2. The Morgan fingerprint density at radius 2 is 1.30 bits per heavy atom. The van der Waals surface area contributed by atoms with Gasteiger partial charge in [0.1, 0.15) is 11.6 Å². The molecular formula is C17H19F2N. The van der Waals surface area contributed by atoms with Crippen LogP contribution in [0.4, 0.5) is 8.78 Å². The van der Waals surface area contributed by atoms with Crippen LogP contribution in [0.2, 0.25) is 0 Å². The fourth-order valence-electron chi connectivity index (χ4n) is 2.29. The summed E-state index contributed by atoms with van der Waals surface area (Å²) in [6.07, 6.45) is 0.900. The van der Waals surface area contributed by atoms with Gasteiger partial charge in [-0.2, -0.15) is 0 Å². The summed E-state index contributed by atoms with van der Waals surface area (Å²) in [7, 11) is 0. The largest absolute Gasteiger partial charge is 0.303 e. The number of rotatable bonds is 5. The third-order valence-corrected chi connectivity index (χ3v) is 3.50. The zero-order chi connectivity index (χ0) is 14.5. The van der Waals surface area contributed by atoms with Gasteiger partial charge in [-0.25, -0.2) is 8.78 Å². The average Bonchev–Trinajstić information content (AvgIpc) is 2.46. The first-order chi connectivity index (χ1) is 9.60. The highest BCUT2D eigenvalue weighted by Gasteiger charge is 2.13. The van der Waals surface area contributed by atoms with Gasteiger partial charge in [0, 0.05) is 12.1 Å². The van der Waals surface area contributed by atoms with E-state index in [1.807, 2.05) is 6.92 Å². The molecule has 2 atom stereocenters. The van der Waals surface area contributed by atoms with Gasteiger partial charge < -0.3 is 5.32 Å². The van der Waals surface area contributed by atoms with Crippen molar-refractivity contribution in [3.63, 3.8) is 0 Å². The van der Waals surface area contributed by atoms with Crippen molar-refractivity contribution in [1.29, 1.82) is 0 Å². The van der Waals surface area contributed by atoms with Crippen molar-refractivity contribution in [3.8, 4) is 0 Å². The maximum Gasteiger partial charge on any atom is 0.123 e. The van der Waals surface area contributed by atoms with Crippen LogP contribution in [0, 0.1) is 11.6 Å². The number of hydrogen-bond acceptors (Lipinski definition) is 1. The summed E-state index contributed by atoms with van der Waals surface area (Å²) in [5.74, 6) is -0.457. The molecule has 0 aliphatic rings. The van der Waals surface area contributed by atoms with E-state index in [2.05, 4.69) is 12.2 Å². The third-order valence-electron chi connectivity index (χ3n) is 3.50. The van der Waals surface area contributed by atoms with Crippen LogP contribution in [0.15, 0.2) is 48.5 Å². The van der Waals surface area contributed by atoms with Crippen molar-refractivity contribution in [3.05, 3.63) is 71.3 Å². The topological polar surface area (TPSA) is 12.0 Å². The molecule has 2 aromatic carbocycles. The van der Waals surface area contributed by atoms with Crippen LogP contribution in [0.1, 0.15) is 43.5 Å². The van der Waals surface area contributed by atoms with Gasteiger partial charge in [0.15, 0.2) is 0 Å². The Kier molecular flexibility index (Phi) is 4.85. The Bertz CT molecular complexity index is 534. The highest BCUT2D eigenvalue weighted by Crippen LogP contribution is 2.22. The van der Waals surface area contributed by atoms with Crippen molar-refractivity contribution in [2.45, 2.75) is 32.4 Å². The first kappa shape index (κ1) is 14.7. The van der Waals surface area contributed by atoms with Crippen LogP contribution >= 0.6 is 0 Å². The second kappa shape index (κ2) is 6.62. The lowest BCUT2D eigenvalue weighted by molar-refractivity contribution is 0.455. The van der Waals surface area contributed by atoms with Crippen molar-refractivity contribution in [1.82, 2.24) is 5.32 Å². The second-order valence-electron chi connectivity index (χ2n) is 4.95. The van der Waals surface area contributed by atoms with E-state index in [-0.39, 0.29) is 23.7 Å². The fourth-order valence-corrected chi connectivity index (χ4v) is 2.29. The van der Waals surface area contributed by atoms with E-state index >= 15 is 0 Å². The molecule has 0 radical (unpaired) electrons. The molecule has 106 valence electrons. The number of benzene rings is 2. The van der Waals surface area contributed by atoms with Gasteiger partial charge in [-0.1, -0.05) is 31.2 Å². The molecule has 0 saturated carbocycles. The van der Waals surface area contributed by atoms with E-state index in [1.54, 1.807) is 24.3 Å². The average molecular weight is 275 g/mol. The van der Waals surface area contributed by atoms with Crippen LogP contribution in [0.3, 0.4) is 0 Å². The van der Waals surface area contributed by atoms with Crippen LogP contribution in [-0.2, 0) is 0 Å². The van der Waals surface area contributed by atoms with Gasteiger partial charge >= 0.3 is 0 Å². The van der Waals surface area contributed by atoms with Gasteiger partial charge in [-0.05, 0) is 48.7 Å². The molecule has 0 aliphatic carbocycles. The van der Waals surface area contributed by atoms with Gasteiger partial charge in [0.05, 0.1) is 0 Å². The molecule has 2 aromatic rings. The third kappa shape index (κ3) is 3.64. The van der Waals surface area contributed by atoms with Crippen LogP contribution in [-0.4, -0.2) is 0 Å². The SMILES string of the molecule is CCC(N[C@@H](C)c1ccc(F)cc1)c1ccc(F)cc1. The summed E-state index contributed by atoms with van der Waals surface area (Å²) in [4.78, 5) is 0. The minimum Gasteiger partial charge on any atom is -0.303 e. The van der Waals surface area contributed by atoms with Gasteiger partial charge in [-0.15, -0.1) is 0 Å². The number of nitrogens with one attached hydrogen (secondary N) is 1. The summed E-state index contributed by atoms with van der Waals surface area (Å²) in [5.41, 5.74) is 2.09. The van der Waals surface area contributed by atoms with Crippen LogP contribution in [0.25, 0.3) is 0 Å². The van der Waals surface area contributed by atoms with E-state index in [9.17, 15) is 8.78 Å². The Hall–Kier alpha value is -1.74. The van der Waals surface area contributed by atoms with E-state index in [0.717, 1.165) is 17.5 Å². The first-order valence-corrected chi connectivity index (χ1v) is 6.87. The lowest BCUT2D eigenvalue weighted by atomic mass is 10.0. The molecule has 0 fully saturated rings. The summed E-state index contributed by atoms with van der Waals surface area (Å²) >= 11 is 0. The highest BCUT2D eigenvalue weighted by atomic mass is 19.1. The Morgan fingerprint density at radius 1 is 0.850 bits per heavy atom. The molecule has 20 heavy (non-hydrogen) atoms. The maximum absolute atomic E-state index is 13.0. The molecule has 0 saturated heterocycles. The Balaban J connectivity index is 2.09. The zero-order valence-electron chi connectivity index (χ0n) is 11.7. The van der Waals surface area contributed by atoms with Gasteiger partial charge in [0.25, 0.3) is 0 Å². The molecule has 0 amide bonds. The minimum absolute atomic E-state index is 0.102. The molecular weight excluding hydrogens is 256 g/mol. The molecule has 1 N–H and O–H groups in total. The van der Waals surface area contributed by atoms with Crippen LogP contribution < -0.4 is 5.32 Å². The molecule has 0 heterocycles. The molecule has 0 spiro atoms. The second-order valence-corrected chi connectivity index (χ2v) is 4.95. The van der Waals surface area contributed by atoms with Crippen LogP contribution in [0.5, 0.6) is 0 Å². The van der Waals surface area contributed by atoms with Gasteiger partial charge in [-0.3, -0.25) is 0 Å². The molecule has 3 heteroatoms. The first-order valence-electron chi connectivity index (χ1n) is 6.87. The maximum atomic E-state index is 13.0. The minimum atomic E-state index is -0.230. The predicted octanol–water partition coefficient (Wildman–Crippen LogP) is 4.77. The monoisotopic (exact) mass is 275 g/mol. The zero-order valence-corrected chi connectivity index (χ0v) is 11.7. The molecule has 0 aliphatic heterocycles. The standard InChI is InChI=1S/C17H19F2N/c1-3-17(14-6-10-16(19)11-7-14)20-12(2)13-4-8-15(18)9-5-13/h4-12,17,20H,3H2,1-2H3/t12-,17?/m0/s1. The van der Waals surface area contributed by atoms with Gasteiger partial charge in [0.2, 0.25) is 0 Å². The summed E-state index contributed by atoms with van der Waals surface area (Å²) in [5, 5.41) is 3.49. The van der Waals surface area contributed by atoms with Crippen molar-refractivity contribution >= 4 is 0 Å². The Labute approximate surface area is 118 Å². The summed E-state index contributed by atoms with van der Waals surface area (Å²) < 4.78 is 25.9. The van der Waals surface area contributed by atoms with Crippen molar-refractivity contribution in [2.24, 2.45) is 0 Å². The molecule has 0 aromatic heterocycles. The molecule has 1 unspecified atom stereocenters. The summed E-state index contributed by atoms with van der Waals surface area (Å²) in [6.45, 7) is 4.12. The fraction of sp³-hybridized carbons (Fsp3) is 0.294. The smallest absolute Gasteiger partial charge is 0.123 e. The van der Waals surface area contributed by atoms with E-state index in [0.29, 0.717) is 0 Å². The van der Waals surface area contributed by atoms with Crippen molar-refractivity contribution in [2.75, 3.05) is 0 Å². The van der Waals surface area contributed by atoms with E-state index < -0.39 is 0 Å². The van der Waals surface area contributed by atoms with Crippen molar-refractivity contribution < 1.29 is 8.78 Å². The molecule has 2 rings (SSSR count). The van der Waals surface area contributed by atoms with E-state index in [1.165, 1.54) is 24.3 Å². The lowest BCUT2D eigenvalue weighted by Crippen LogP contribution is -2.24. The quantitative estimate of drug-likeness (QED) is 0.829. The van der Waals surface area contributed by atoms with E-state index in [4.69, 9.17) is 0 Å². The Morgan fingerprint density at radius 3 is 1.75 bits per heavy atom. The number of hydrogen-bond donors (Lipinski definition) is 1. The summed E-state index contributed by atoms with van der Waals surface area (Å²) in [6, 6.07) is 13.3. The predicted molar refractivity (Wildman–Crippen MR) is 77.4 cm³/mol.